The molecule has 0 fully saturated rings. The van der Waals surface area contributed by atoms with Crippen molar-refractivity contribution < 1.29 is 8.78 Å². The SMILES string of the molecule is CCc1cc(=O)n2nc(NCCc3ccc(F)cc3F)sc2n1. The molecule has 0 saturated carbocycles. The van der Waals surface area contributed by atoms with Crippen LogP contribution < -0.4 is 10.9 Å². The van der Waals surface area contributed by atoms with Crippen molar-refractivity contribution in [2.24, 2.45) is 0 Å². The first-order chi connectivity index (χ1) is 11.1. The summed E-state index contributed by atoms with van der Waals surface area (Å²) in [5, 5.41) is 7.72. The van der Waals surface area contributed by atoms with Crippen molar-refractivity contribution in [3.05, 3.63) is 57.5 Å². The van der Waals surface area contributed by atoms with Gasteiger partial charge in [0.25, 0.3) is 5.56 Å². The molecule has 2 heterocycles. The van der Waals surface area contributed by atoms with E-state index in [1.54, 1.807) is 0 Å². The molecule has 0 aliphatic rings. The van der Waals surface area contributed by atoms with Crippen molar-refractivity contribution in [1.29, 1.82) is 0 Å². The molecule has 0 bridgehead atoms. The molecule has 0 spiro atoms. The van der Waals surface area contributed by atoms with Gasteiger partial charge in [0.2, 0.25) is 10.1 Å². The van der Waals surface area contributed by atoms with Crippen molar-refractivity contribution in [3.8, 4) is 0 Å². The highest BCUT2D eigenvalue weighted by Crippen LogP contribution is 2.17. The van der Waals surface area contributed by atoms with Gasteiger partial charge in [-0.2, -0.15) is 4.52 Å². The number of fused-ring (bicyclic) bond motifs is 1. The monoisotopic (exact) mass is 336 g/mol. The number of nitrogens with one attached hydrogen (secondary N) is 1. The number of aryl methyl sites for hydroxylation is 1. The molecule has 0 aliphatic carbocycles. The van der Waals surface area contributed by atoms with E-state index in [0.717, 1.165) is 11.8 Å². The summed E-state index contributed by atoms with van der Waals surface area (Å²) in [6.07, 6.45) is 1.06. The van der Waals surface area contributed by atoms with Gasteiger partial charge in [-0.1, -0.05) is 24.3 Å². The third-order valence-electron chi connectivity index (χ3n) is 3.35. The van der Waals surface area contributed by atoms with Gasteiger partial charge >= 0.3 is 0 Å². The fourth-order valence-corrected chi connectivity index (χ4v) is 2.99. The van der Waals surface area contributed by atoms with Crippen LogP contribution in [-0.4, -0.2) is 21.1 Å². The van der Waals surface area contributed by atoms with Crippen molar-refractivity contribution in [1.82, 2.24) is 14.6 Å². The maximum Gasteiger partial charge on any atom is 0.275 e. The number of aromatic nitrogens is 3. The molecule has 23 heavy (non-hydrogen) atoms. The Labute approximate surface area is 134 Å². The first-order valence-electron chi connectivity index (χ1n) is 7.14. The lowest BCUT2D eigenvalue weighted by Gasteiger charge is -2.04. The molecule has 3 rings (SSSR count). The summed E-state index contributed by atoms with van der Waals surface area (Å²) in [6, 6.07) is 4.98. The van der Waals surface area contributed by atoms with E-state index in [9.17, 15) is 13.6 Å². The van der Waals surface area contributed by atoms with E-state index in [-0.39, 0.29) is 5.56 Å². The number of benzene rings is 1. The van der Waals surface area contributed by atoms with Crippen molar-refractivity contribution >= 4 is 21.4 Å². The molecule has 1 aromatic carbocycles. The van der Waals surface area contributed by atoms with Crippen LogP contribution in [0.1, 0.15) is 18.2 Å². The molecule has 0 atom stereocenters. The van der Waals surface area contributed by atoms with E-state index in [2.05, 4.69) is 15.4 Å². The molecule has 8 heteroatoms. The van der Waals surface area contributed by atoms with Gasteiger partial charge in [0.05, 0.1) is 0 Å². The summed E-state index contributed by atoms with van der Waals surface area (Å²) in [6.45, 7) is 2.34. The summed E-state index contributed by atoms with van der Waals surface area (Å²) < 4.78 is 27.6. The van der Waals surface area contributed by atoms with E-state index in [1.807, 2.05) is 6.92 Å². The molecule has 2 aromatic heterocycles. The van der Waals surface area contributed by atoms with Gasteiger partial charge in [0, 0.05) is 24.4 Å². The number of hydrogen-bond acceptors (Lipinski definition) is 5. The van der Waals surface area contributed by atoms with Crippen LogP contribution in [0.4, 0.5) is 13.9 Å². The number of halogens is 2. The summed E-state index contributed by atoms with van der Waals surface area (Å²) in [4.78, 5) is 16.8. The van der Waals surface area contributed by atoms with Gasteiger partial charge in [-0.15, -0.1) is 5.10 Å². The first kappa shape index (κ1) is 15.5. The van der Waals surface area contributed by atoms with E-state index < -0.39 is 11.6 Å². The lowest BCUT2D eigenvalue weighted by Crippen LogP contribution is -2.15. The second-order valence-electron chi connectivity index (χ2n) is 4.95. The van der Waals surface area contributed by atoms with Crippen molar-refractivity contribution in [2.45, 2.75) is 19.8 Å². The third-order valence-corrected chi connectivity index (χ3v) is 4.21. The molecule has 0 aliphatic heterocycles. The van der Waals surface area contributed by atoms with Crippen LogP contribution in [0.25, 0.3) is 4.96 Å². The van der Waals surface area contributed by atoms with E-state index in [4.69, 9.17) is 0 Å². The second kappa shape index (κ2) is 6.41. The van der Waals surface area contributed by atoms with Gasteiger partial charge < -0.3 is 5.32 Å². The molecule has 0 unspecified atom stereocenters. The average Bonchev–Trinajstić information content (AvgIpc) is 2.93. The minimum absolute atomic E-state index is 0.222. The van der Waals surface area contributed by atoms with Crippen LogP contribution >= 0.6 is 11.3 Å². The highest BCUT2D eigenvalue weighted by atomic mass is 32.1. The zero-order chi connectivity index (χ0) is 16.4. The Morgan fingerprint density at radius 3 is 2.87 bits per heavy atom. The number of anilines is 1. The molecule has 3 aromatic rings. The maximum absolute atomic E-state index is 13.5. The lowest BCUT2D eigenvalue weighted by atomic mass is 10.1. The average molecular weight is 336 g/mol. The predicted octanol–water partition coefficient (Wildman–Crippen LogP) is 2.65. The van der Waals surface area contributed by atoms with Crippen LogP contribution in [0.3, 0.4) is 0 Å². The molecule has 5 nitrogen and oxygen atoms in total. The Hall–Kier alpha value is -2.35. The van der Waals surface area contributed by atoms with Crippen LogP contribution in [0.2, 0.25) is 0 Å². The Bertz CT molecular complexity index is 906. The molecule has 0 saturated heterocycles. The van der Waals surface area contributed by atoms with Gasteiger partial charge in [-0.3, -0.25) is 4.79 Å². The van der Waals surface area contributed by atoms with Crippen LogP contribution in [0, 0.1) is 11.6 Å². The number of rotatable bonds is 5. The van der Waals surface area contributed by atoms with Crippen LogP contribution in [-0.2, 0) is 12.8 Å². The zero-order valence-corrected chi connectivity index (χ0v) is 13.2. The minimum Gasteiger partial charge on any atom is -0.360 e. The fraction of sp³-hybridized carbons (Fsp3) is 0.267. The Balaban J connectivity index is 1.72. The first-order valence-corrected chi connectivity index (χ1v) is 7.96. The predicted molar refractivity (Wildman–Crippen MR) is 85.1 cm³/mol. The van der Waals surface area contributed by atoms with Gasteiger partial charge in [0.1, 0.15) is 11.6 Å². The zero-order valence-electron chi connectivity index (χ0n) is 12.3. The van der Waals surface area contributed by atoms with Crippen molar-refractivity contribution in [3.63, 3.8) is 0 Å². The van der Waals surface area contributed by atoms with E-state index in [0.29, 0.717) is 35.0 Å². The van der Waals surface area contributed by atoms with Crippen LogP contribution in [0.5, 0.6) is 0 Å². The van der Waals surface area contributed by atoms with Gasteiger partial charge in [-0.05, 0) is 24.5 Å². The molecular weight excluding hydrogens is 322 g/mol. The smallest absolute Gasteiger partial charge is 0.275 e. The van der Waals surface area contributed by atoms with Gasteiger partial charge in [-0.25, -0.2) is 13.8 Å². The number of nitrogens with zero attached hydrogens (tertiary/aromatic N) is 3. The maximum atomic E-state index is 13.5. The second-order valence-corrected chi connectivity index (χ2v) is 5.91. The normalized spacial score (nSPS) is 11.1. The molecule has 0 radical (unpaired) electrons. The lowest BCUT2D eigenvalue weighted by molar-refractivity contribution is 0.572. The van der Waals surface area contributed by atoms with Gasteiger partial charge in [0.15, 0.2) is 0 Å². The topological polar surface area (TPSA) is 59.3 Å². The molecule has 120 valence electrons. The quantitative estimate of drug-likeness (QED) is 0.778. The molecular formula is C15H14F2N4OS. The largest absolute Gasteiger partial charge is 0.360 e. The summed E-state index contributed by atoms with van der Waals surface area (Å²) in [5.41, 5.74) is 0.919. The highest BCUT2D eigenvalue weighted by molar-refractivity contribution is 7.20. The van der Waals surface area contributed by atoms with E-state index >= 15 is 0 Å². The Kier molecular flexibility index (Phi) is 4.33. The van der Waals surface area contributed by atoms with E-state index in [1.165, 1.54) is 34.1 Å². The summed E-state index contributed by atoms with van der Waals surface area (Å²) in [7, 11) is 0. The molecule has 1 N–H and O–H groups in total. The van der Waals surface area contributed by atoms with Crippen LogP contribution in [0.15, 0.2) is 29.1 Å². The third kappa shape index (κ3) is 3.37. The Morgan fingerprint density at radius 2 is 2.13 bits per heavy atom. The highest BCUT2D eigenvalue weighted by Gasteiger charge is 2.09. The standard InChI is InChI=1S/C15H14F2N4OS/c1-2-11-8-13(22)21-15(19-11)23-14(20-21)18-6-5-9-3-4-10(16)7-12(9)17/h3-4,7-8H,2,5-6H2,1H3,(H,18,20). The Morgan fingerprint density at radius 1 is 1.30 bits per heavy atom. The summed E-state index contributed by atoms with van der Waals surface area (Å²) >= 11 is 1.26. The minimum atomic E-state index is -0.595. The molecule has 0 amide bonds. The van der Waals surface area contributed by atoms with Crippen molar-refractivity contribution in [2.75, 3.05) is 11.9 Å². The number of hydrogen-bond donors (Lipinski definition) is 1. The summed E-state index contributed by atoms with van der Waals surface area (Å²) in [5.74, 6) is -1.16. The fourth-order valence-electron chi connectivity index (χ4n) is 2.14.